The first-order valence-electron chi connectivity index (χ1n) is 7.16. The molecule has 1 amide bonds. The molecule has 8 nitrogen and oxygen atoms in total. The molecule has 0 bridgehead atoms. The number of hydrogen-bond acceptors (Lipinski definition) is 7. The molecule has 0 aliphatic heterocycles. The summed E-state index contributed by atoms with van der Waals surface area (Å²) < 4.78 is 11.6. The Morgan fingerprint density at radius 2 is 1.96 bits per heavy atom. The van der Waals surface area contributed by atoms with Gasteiger partial charge in [-0.15, -0.1) is 5.10 Å². The first-order valence-corrected chi connectivity index (χ1v) is 7.97. The Bertz CT molecular complexity index is 715. The average molecular weight is 350 g/mol. The third-order valence-corrected chi connectivity index (χ3v) is 3.83. The number of carbonyl (C=O) groups excluding carboxylic acids is 2. The second kappa shape index (κ2) is 8.46. The van der Waals surface area contributed by atoms with Gasteiger partial charge in [-0.05, 0) is 19.1 Å². The van der Waals surface area contributed by atoms with Crippen LogP contribution in [-0.4, -0.2) is 39.9 Å². The van der Waals surface area contributed by atoms with Crippen LogP contribution in [-0.2, 0) is 21.0 Å². The van der Waals surface area contributed by atoms with Crippen molar-refractivity contribution in [3.8, 4) is 0 Å². The number of carbonyl (C=O) groups is 2. The number of primary amides is 1. The standard InChI is InChI=1S/C15H18N4O4S/c1-10-3-5-12(6-4-10)24-15-17-14(13(16)21)18-19(15)9-22-7-8-23-11(2)20/h3-6H,7-9H2,1-2H3,(H2,16,21). The highest BCUT2D eigenvalue weighted by Crippen LogP contribution is 2.26. The van der Waals surface area contributed by atoms with Crippen molar-refractivity contribution >= 4 is 23.6 Å². The van der Waals surface area contributed by atoms with Crippen LogP contribution in [0.3, 0.4) is 0 Å². The summed E-state index contributed by atoms with van der Waals surface area (Å²) in [6.45, 7) is 3.74. The monoisotopic (exact) mass is 350 g/mol. The van der Waals surface area contributed by atoms with Crippen molar-refractivity contribution in [1.29, 1.82) is 0 Å². The van der Waals surface area contributed by atoms with Crippen molar-refractivity contribution in [2.45, 2.75) is 30.6 Å². The maximum atomic E-state index is 11.3. The van der Waals surface area contributed by atoms with E-state index in [4.69, 9.17) is 15.2 Å². The van der Waals surface area contributed by atoms with E-state index in [1.807, 2.05) is 31.2 Å². The summed E-state index contributed by atoms with van der Waals surface area (Å²) >= 11 is 1.35. The quantitative estimate of drug-likeness (QED) is 0.565. The zero-order valence-electron chi connectivity index (χ0n) is 13.4. The molecule has 0 fully saturated rings. The van der Waals surface area contributed by atoms with E-state index in [1.165, 1.54) is 23.4 Å². The van der Waals surface area contributed by atoms with E-state index in [-0.39, 0.29) is 31.7 Å². The second-order valence-electron chi connectivity index (χ2n) is 4.87. The second-order valence-corrected chi connectivity index (χ2v) is 5.91. The van der Waals surface area contributed by atoms with Crippen LogP contribution in [0.25, 0.3) is 0 Å². The van der Waals surface area contributed by atoms with Crippen molar-refractivity contribution in [3.05, 3.63) is 35.7 Å². The zero-order valence-corrected chi connectivity index (χ0v) is 14.2. The summed E-state index contributed by atoms with van der Waals surface area (Å²) in [5.41, 5.74) is 6.38. The smallest absolute Gasteiger partial charge is 0.302 e. The Kier molecular flexibility index (Phi) is 6.33. The highest BCUT2D eigenvalue weighted by molar-refractivity contribution is 7.99. The number of amides is 1. The molecule has 0 saturated heterocycles. The molecule has 0 saturated carbocycles. The summed E-state index contributed by atoms with van der Waals surface area (Å²) in [6.07, 6.45) is 0. The van der Waals surface area contributed by atoms with Crippen LogP contribution in [0.2, 0.25) is 0 Å². The molecule has 1 aromatic carbocycles. The largest absolute Gasteiger partial charge is 0.463 e. The van der Waals surface area contributed by atoms with Gasteiger partial charge in [-0.1, -0.05) is 29.5 Å². The van der Waals surface area contributed by atoms with Gasteiger partial charge in [0, 0.05) is 11.8 Å². The molecule has 0 radical (unpaired) electrons. The highest BCUT2D eigenvalue weighted by Gasteiger charge is 2.15. The van der Waals surface area contributed by atoms with Crippen molar-refractivity contribution in [3.63, 3.8) is 0 Å². The van der Waals surface area contributed by atoms with Gasteiger partial charge >= 0.3 is 5.97 Å². The van der Waals surface area contributed by atoms with Gasteiger partial charge in [0.2, 0.25) is 5.82 Å². The minimum Gasteiger partial charge on any atom is -0.463 e. The van der Waals surface area contributed by atoms with E-state index < -0.39 is 5.91 Å². The lowest BCUT2D eigenvalue weighted by Gasteiger charge is -2.07. The van der Waals surface area contributed by atoms with Crippen LogP contribution >= 0.6 is 11.8 Å². The molecule has 128 valence electrons. The SMILES string of the molecule is CC(=O)OCCOCn1nc(C(N)=O)nc1Sc1ccc(C)cc1. The molecular weight excluding hydrogens is 332 g/mol. The van der Waals surface area contributed by atoms with Crippen LogP contribution in [0.4, 0.5) is 0 Å². The fourth-order valence-corrected chi connectivity index (χ4v) is 2.51. The number of ether oxygens (including phenoxy) is 2. The minimum absolute atomic E-state index is 0.0652. The van der Waals surface area contributed by atoms with Crippen molar-refractivity contribution in [2.24, 2.45) is 5.73 Å². The normalized spacial score (nSPS) is 10.6. The number of esters is 1. The van der Waals surface area contributed by atoms with Gasteiger partial charge in [0.1, 0.15) is 13.3 Å². The van der Waals surface area contributed by atoms with Crippen LogP contribution < -0.4 is 5.73 Å². The molecule has 2 aromatic rings. The van der Waals surface area contributed by atoms with E-state index in [9.17, 15) is 9.59 Å². The van der Waals surface area contributed by atoms with Crippen molar-refractivity contribution in [1.82, 2.24) is 14.8 Å². The maximum Gasteiger partial charge on any atom is 0.302 e. The fraction of sp³-hybridized carbons (Fsp3) is 0.333. The lowest BCUT2D eigenvalue weighted by Crippen LogP contribution is -2.15. The van der Waals surface area contributed by atoms with Crippen molar-refractivity contribution in [2.75, 3.05) is 13.2 Å². The molecule has 24 heavy (non-hydrogen) atoms. The lowest BCUT2D eigenvalue weighted by atomic mass is 10.2. The van der Waals surface area contributed by atoms with E-state index in [2.05, 4.69) is 10.1 Å². The van der Waals surface area contributed by atoms with Crippen LogP contribution in [0.1, 0.15) is 23.1 Å². The van der Waals surface area contributed by atoms with Crippen LogP contribution in [0.5, 0.6) is 0 Å². The Hall–Kier alpha value is -2.39. The van der Waals surface area contributed by atoms with E-state index in [1.54, 1.807) is 0 Å². The zero-order chi connectivity index (χ0) is 17.5. The van der Waals surface area contributed by atoms with Gasteiger partial charge in [0.25, 0.3) is 5.91 Å². The van der Waals surface area contributed by atoms with Crippen LogP contribution in [0.15, 0.2) is 34.3 Å². The summed E-state index contributed by atoms with van der Waals surface area (Å²) in [5, 5.41) is 4.52. The van der Waals surface area contributed by atoms with Gasteiger partial charge < -0.3 is 15.2 Å². The van der Waals surface area contributed by atoms with E-state index in [0.29, 0.717) is 5.16 Å². The summed E-state index contributed by atoms with van der Waals surface area (Å²) in [6, 6.07) is 7.86. The Morgan fingerprint density at radius 3 is 2.58 bits per heavy atom. The van der Waals surface area contributed by atoms with Gasteiger partial charge in [0.15, 0.2) is 5.16 Å². The average Bonchev–Trinajstić information content (AvgIpc) is 2.92. The molecule has 0 spiro atoms. The molecular formula is C15H18N4O4S. The van der Waals surface area contributed by atoms with E-state index >= 15 is 0 Å². The number of aryl methyl sites for hydroxylation is 1. The number of benzene rings is 1. The molecule has 0 aliphatic carbocycles. The Balaban J connectivity index is 2.03. The van der Waals surface area contributed by atoms with E-state index in [0.717, 1.165) is 10.5 Å². The first kappa shape index (κ1) is 18.0. The van der Waals surface area contributed by atoms with Gasteiger partial charge in [-0.25, -0.2) is 4.68 Å². The topological polar surface area (TPSA) is 109 Å². The van der Waals surface area contributed by atoms with Gasteiger partial charge in [0.05, 0.1) is 6.61 Å². The molecule has 0 unspecified atom stereocenters. The van der Waals surface area contributed by atoms with Gasteiger partial charge in [-0.2, -0.15) is 4.98 Å². The molecule has 2 rings (SSSR count). The molecule has 0 aliphatic rings. The number of nitrogens with two attached hydrogens (primary N) is 1. The highest BCUT2D eigenvalue weighted by atomic mass is 32.2. The number of aromatic nitrogens is 3. The minimum atomic E-state index is -0.709. The summed E-state index contributed by atoms with van der Waals surface area (Å²) in [4.78, 5) is 27.0. The van der Waals surface area contributed by atoms with Gasteiger partial charge in [-0.3, -0.25) is 9.59 Å². The van der Waals surface area contributed by atoms with Crippen LogP contribution in [0, 0.1) is 6.92 Å². The first-order chi connectivity index (χ1) is 11.5. The predicted octanol–water partition coefficient (Wildman–Crippen LogP) is 1.37. The maximum absolute atomic E-state index is 11.3. The Morgan fingerprint density at radius 1 is 1.25 bits per heavy atom. The lowest BCUT2D eigenvalue weighted by molar-refractivity contribution is -0.143. The third kappa shape index (κ3) is 5.36. The molecule has 1 aromatic heterocycles. The van der Waals surface area contributed by atoms with Crippen molar-refractivity contribution < 1.29 is 19.1 Å². The molecule has 1 heterocycles. The molecule has 2 N–H and O–H groups in total. The molecule has 0 atom stereocenters. The Labute approximate surface area is 143 Å². The number of nitrogens with zero attached hydrogens (tertiary/aromatic N) is 3. The number of rotatable bonds is 8. The molecule has 9 heteroatoms. The summed E-state index contributed by atoms with van der Waals surface area (Å²) in [5.74, 6) is -1.15. The predicted molar refractivity (Wildman–Crippen MR) is 86.4 cm³/mol. The number of hydrogen-bond donors (Lipinski definition) is 1. The third-order valence-electron chi connectivity index (χ3n) is 2.83. The fourth-order valence-electron chi connectivity index (χ4n) is 1.70. The summed E-state index contributed by atoms with van der Waals surface area (Å²) in [7, 11) is 0.